The minimum absolute atomic E-state index is 0.106. The monoisotopic (exact) mass is 221 g/mol. The van der Waals surface area contributed by atoms with Gasteiger partial charge >= 0.3 is 0 Å². The lowest BCUT2D eigenvalue weighted by Crippen LogP contribution is -2.12. The molecule has 0 spiro atoms. The van der Waals surface area contributed by atoms with Crippen molar-refractivity contribution in [3.05, 3.63) is 21.9 Å². The minimum atomic E-state index is 0.106. The third-order valence-electron chi connectivity index (χ3n) is 2.64. The van der Waals surface area contributed by atoms with E-state index in [1.807, 2.05) is 19.2 Å². The molecule has 0 amide bonds. The molecule has 1 aliphatic carbocycles. The predicted molar refractivity (Wildman–Crippen MR) is 65.6 cm³/mol. The second kappa shape index (κ2) is 4.19. The molecular weight excluding hydrogens is 206 g/mol. The summed E-state index contributed by atoms with van der Waals surface area (Å²) in [6.07, 6.45) is 5.02. The van der Waals surface area contributed by atoms with Crippen molar-refractivity contribution in [2.75, 3.05) is 11.9 Å². The van der Waals surface area contributed by atoms with Crippen molar-refractivity contribution >= 4 is 28.9 Å². The van der Waals surface area contributed by atoms with E-state index in [4.69, 9.17) is 0 Å². The molecule has 15 heavy (non-hydrogen) atoms. The zero-order valence-corrected chi connectivity index (χ0v) is 9.86. The highest BCUT2D eigenvalue weighted by Crippen LogP contribution is 2.33. The Bertz CT molecular complexity index is 406. The molecule has 0 aromatic carbocycles. The van der Waals surface area contributed by atoms with E-state index in [2.05, 4.69) is 17.5 Å². The number of Topliss-reactive ketones (excluding diaryl/α,β-unsaturated/α-hetero) is 1. The molecule has 2 rings (SSSR count). The van der Waals surface area contributed by atoms with Crippen molar-refractivity contribution in [2.24, 2.45) is 5.92 Å². The number of rotatable bonds is 2. The van der Waals surface area contributed by atoms with Crippen molar-refractivity contribution in [1.82, 2.24) is 0 Å². The van der Waals surface area contributed by atoms with Gasteiger partial charge in [0.1, 0.15) is 0 Å². The van der Waals surface area contributed by atoms with E-state index >= 15 is 0 Å². The van der Waals surface area contributed by atoms with Gasteiger partial charge in [0.25, 0.3) is 0 Å². The molecule has 80 valence electrons. The predicted octanol–water partition coefficient (Wildman–Crippen LogP) is 3.42. The summed E-state index contributed by atoms with van der Waals surface area (Å²) in [6.45, 7) is 4.90. The van der Waals surface area contributed by atoms with Crippen molar-refractivity contribution < 1.29 is 4.79 Å². The second-order valence-corrected chi connectivity index (χ2v) is 4.73. The van der Waals surface area contributed by atoms with Gasteiger partial charge in [0.05, 0.1) is 11.3 Å². The fourth-order valence-electron chi connectivity index (χ4n) is 1.80. The number of allylic oxidation sites excluding steroid dienone is 1. The molecule has 1 aliphatic rings. The number of carbonyl (C=O) groups excluding carboxylic acids is 1. The van der Waals surface area contributed by atoms with Crippen molar-refractivity contribution in [3.63, 3.8) is 0 Å². The van der Waals surface area contributed by atoms with Crippen LogP contribution in [0.15, 0.2) is 11.5 Å². The highest BCUT2D eigenvalue weighted by molar-refractivity contribution is 7.11. The average Bonchev–Trinajstić information content (AvgIpc) is 2.54. The van der Waals surface area contributed by atoms with E-state index in [9.17, 15) is 4.79 Å². The summed E-state index contributed by atoms with van der Waals surface area (Å²) in [5, 5.41) is 5.29. The van der Waals surface area contributed by atoms with E-state index in [0.29, 0.717) is 0 Å². The Hall–Kier alpha value is -1.09. The number of carbonyl (C=O) groups is 1. The highest BCUT2D eigenvalue weighted by atomic mass is 32.1. The van der Waals surface area contributed by atoms with Gasteiger partial charge in [0, 0.05) is 22.7 Å². The topological polar surface area (TPSA) is 29.1 Å². The van der Waals surface area contributed by atoms with Crippen LogP contribution in [0.4, 0.5) is 5.69 Å². The molecule has 1 aromatic heterocycles. The average molecular weight is 221 g/mol. The summed E-state index contributed by atoms with van der Waals surface area (Å²) in [5.41, 5.74) is 1.89. The van der Waals surface area contributed by atoms with Crippen LogP contribution in [0.3, 0.4) is 0 Å². The maximum Gasteiger partial charge on any atom is 0.169 e. The van der Waals surface area contributed by atoms with Crippen LogP contribution < -0.4 is 5.32 Å². The zero-order chi connectivity index (χ0) is 10.8. The van der Waals surface area contributed by atoms with E-state index in [1.165, 1.54) is 0 Å². The summed E-state index contributed by atoms with van der Waals surface area (Å²) in [4.78, 5) is 13.2. The van der Waals surface area contributed by atoms with Gasteiger partial charge in [-0.2, -0.15) is 0 Å². The van der Waals surface area contributed by atoms with Crippen LogP contribution in [-0.2, 0) is 0 Å². The van der Waals surface area contributed by atoms with Crippen LogP contribution in [0.25, 0.3) is 6.08 Å². The molecule has 1 aromatic rings. The Morgan fingerprint density at radius 1 is 1.60 bits per heavy atom. The van der Waals surface area contributed by atoms with Gasteiger partial charge in [-0.25, -0.2) is 0 Å². The van der Waals surface area contributed by atoms with Gasteiger partial charge in [-0.3, -0.25) is 4.79 Å². The first-order valence-corrected chi connectivity index (χ1v) is 6.18. The molecule has 0 saturated heterocycles. The lowest BCUT2D eigenvalue weighted by molar-refractivity contribution is 0.0933. The van der Waals surface area contributed by atoms with Crippen LogP contribution >= 0.6 is 11.3 Å². The summed E-state index contributed by atoms with van der Waals surface area (Å²) in [6, 6.07) is 0. The van der Waals surface area contributed by atoms with Crippen LogP contribution in [0.2, 0.25) is 0 Å². The van der Waals surface area contributed by atoms with E-state index in [-0.39, 0.29) is 11.7 Å². The Labute approximate surface area is 94.0 Å². The molecule has 0 bridgehead atoms. The number of hydrogen-bond donors (Lipinski definition) is 1. The van der Waals surface area contributed by atoms with Crippen LogP contribution in [0.1, 0.15) is 35.5 Å². The van der Waals surface area contributed by atoms with Crippen molar-refractivity contribution in [2.45, 2.75) is 20.3 Å². The molecular formula is C12H15NOS. The molecule has 0 fully saturated rings. The molecule has 1 N–H and O–H groups in total. The van der Waals surface area contributed by atoms with Crippen LogP contribution in [-0.4, -0.2) is 12.3 Å². The fraction of sp³-hybridized carbons (Fsp3) is 0.417. The Morgan fingerprint density at radius 3 is 3.13 bits per heavy atom. The summed E-state index contributed by atoms with van der Waals surface area (Å²) >= 11 is 1.64. The number of anilines is 1. The van der Waals surface area contributed by atoms with Crippen LogP contribution in [0, 0.1) is 5.92 Å². The Kier molecular flexibility index (Phi) is 2.91. The first-order chi connectivity index (χ1) is 7.24. The zero-order valence-electron chi connectivity index (χ0n) is 9.04. The molecule has 1 atom stereocenters. The third-order valence-corrected chi connectivity index (χ3v) is 3.59. The highest BCUT2D eigenvalue weighted by Gasteiger charge is 2.23. The molecule has 1 unspecified atom stereocenters. The largest absolute Gasteiger partial charge is 0.384 e. The quantitative estimate of drug-likeness (QED) is 0.829. The molecule has 1 heterocycles. The number of hydrogen-bond acceptors (Lipinski definition) is 3. The third kappa shape index (κ3) is 1.84. The van der Waals surface area contributed by atoms with Crippen molar-refractivity contribution in [1.29, 1.82) is 0 Å². The SMILES string of the molecule is CCNc1csc2c1C(=O)C(C)CC=C2. The standard InChI is InChI=1S/C12H15NOS/c1-3-13-9-7-15-10-6-4-5-8(2)12(14)11(9)10/h4,6-8,13H,3,5H2,1-2H3. The number of fused-ring (bicyclic) bond motifs is 1. The second-order valence-electron chi connectivity index (χ2n) is 3.82. The van der Waals surface area contributed by atoms with Gasteiger partial charge in [0.2, 0.25) is 0 Å². The summed E-state index contributed by atoms with van der Waals surface area (Å²) < 4.78 is 0. The first-order valence-electron chi connectivity index (χ1n) is 5.30. The minimum Gasteiger partial charge on any atom is -0.384 e. The smallest absolute Gasteiger partial charge is 0.169 e. The molecule has 0 saturated carbocycles. The maximum atomic E-state index is 12.1. The number of thiophene rings is 1. The van der Waals surface area contributed by atoms with Gasteiger partial charge in [-0.05, 0) is 19.4 Å². The lowest BCUT2D eigenvalue weighted by atomic mass is 9.98. The van der Waals surface area contributed by atoms with Crippen molar-refractivity contribution in [3.8, 4) is 0 Å². The Balaban J connectivity index is 2.46. The number of nitrogens with one attached hydrogen (secondary N) is 1. The van der Waals surface area contributed by atoms with Gasteiger partial charge in [-0.15, -0.1) is 11.3 Å². The lowest BCUT2D eigenvalue weighted by Gasteiger charge is -2.08. The van der Waals surface area contributed by atoms with E-state index in [0.717, 1.165) is 29.1 Å². The molecule has 0 radical (unpaired) electrons. The van der Waals surface area contributed by atoms with Gasteiger partial charge in [0.15, 0.2) is 5.78 Å². The number of ketones is 1. The maximum absolute atomic E-state index is 12.1. The fourth-order valence-corrected chi connectivity index (χ4v) is 2.75. The van der Waals surface area contributed by atoms with Gasteiger partial charge < -0.3 is 5.32 Å². The van der Waals surface area contributed by atoms with Gasteiger partial charge in [-0.1, -0.05) is 13.0 Å². The summed E-state index contributed by atoms with van der Waals surface area (Å²) in [7, 11) is 0. The van der Waals surface area contributed by atoms with E-state index in [1.54, 1.807) is 11.3 Å². The van der Waals surface area contributed by atoms with E-state index < -0.39 is 0 Å². The van der Waals surface area contributed by atoms with Crippen LogP contribution in [0.5, 0.6) is 0 Å². The Morgan fingerprint density at radius 2 is 2.40 bits per heavy atom. The first kappa shape index (κ1) is 10.4. The summed E-state index contributed by atoms with van der Waals surface area (Å²) in [5.74, 6) is 0.377. The molecule has 3 heteroatoms. The molecule has 2 nitrogen and oxygen atoms in total. The normalized spacial score (nSPS) is 19.9. The molecule has 0 aliphatic heterocycles.